The molecule has 2 fully saturated rings. The van der Waals surface area contributed by atoms with Crippen LogP contribution in [0.5, 0.6) is 0 Å². The van der Waals surface area contributed by atoms with Gasteiger partial charge in [0.25, 0.3) is 0 Å². The number of morpholine rings is 1. The summed E-state index contributed by atoms with van der Waals surface area (Å²) in [4.78, 5) is 2.27. The first-order chi connectivity index (χ1) is 13.2. The van der Waals surface area contributed by atoms with Crippen LogP contribution in [-0.2, 0) is 24.6 Å². The van der Waals surface area contributed by atoms with Crippen molar-refractivity contribution in [3.05, 3.63) is 28.8 Å². The average Bonchev–Trinajstić information content (AvgIpc) is 2.98. The minimum absolute atomic E-state index is 0.0226. The third kappa shape index (κ3) is 5.25. The summed E-state index contributed by atoms with van der Waals surface area (Å²) < 4.78 is 57.4. The zero-order chi connectivity index (χ0) is 20.4. The molecule has 1 aromatic rings. The predicted octanol–water partition coefficient (Wildman–Crippen LogP) is 1.55. The molecular weight excluding hydrogens is 424 g/mol. The SMILES string of the molecule is Cc1ccc(S(=O)(=O)N(CCCN2CCOCC2)C2CCS(=O)(=O)C2)c(Cl)c1. The molecule has 2 saturated heterocycles. The number of rotatable bonds is 7. The summed E-state index contributed by atoms with van der Waals surface area (Å²) in [6.07, 6.45) is 0.946. The maximum atomic E-state index is 13.4. The maximum absolute atomic E-state index is 13.4. The third-order valence-electron chi connectivity index (χ3n) is 5.25. The summed E-state index contributed by atoms with van der Waals surface area (Å²) in [5.41, 5.74) is 0.867. The van der Waals surface area contributed by atoms with Crippen molar-refractivity contribution in [3.8, 4) is 0 Å². The van der Waals surface area contributed by atoms with Gasteiger partial charge in [0.1, 0.15) is 4.90 Å². The van der Waals surface area contributed by atoms with E-state index in [-0.39, 0.29) is 28.0 Å². The van der Waals surface area contributed by atoms with E-state index in [1.807, 2.05) is 6.92 Å². The first-order valence-electron chi connectivity index (χ1n) is 9.47. The van der Waals surface area contributed by atoms with Gasteiger partial charge < -0.3 is 4.74 Å². The van der Waals surface area contributed by atoms with Crippen molar-refractivity contribution < 1.29 is 21.6 Å². The number of halogens is 1. The van der Waals surface area contributed by atoms with Crippen LogP contribution in [0.2, 0.25) is 5.02 Å². The normalized spacial score (nSPS) is 23.3. The molecule has 0 bridgehead atoms. The molecule has 1 unspecified atom stereocenters. The van der Waals surface area contributed by atoms with Gasteiger partial charge in [-0.3, -0.25) is 4.90 Å². The third-order valence-corrected chi connectivity index (χ3v) is 9.43. The second-order valence-electron chi connectivity index (χ2n) is 7.41. The van der Waals surface area contributed by atoms with Crippen molar-refractivity contribution in [1.82, 2.24) is 9.21 Å². The van der Waals surface area contributed by atoms with Crippen molar-refractivity contribution in [2.45, 2.75) is 30.7 Å². The largest absolute Gasteiger partial charge is 0.379 e. The van der Waals surface area contributed by atoms with Gasteiger partial charge in [-0.05, 0) is 44.0 Å². The number of aryl methyl sites for hydroxylation is 1. The Morgan fingerprint density at radius 1 is 1.29 bits per heavy atom. The molecule has 158 valence electrons. The Labute approximate surface area is 172 Å². The van der Waals surface area contributed by atoms with Gasteiger partial charge in [0.2, 0.25) is 10.0 Å². The van der Waals surface area contributed by atoms with Crippen LogP contribution >= 0.6 is 11.6 Å². The molecule has 1 aromatic carbocycles. The van der Waals surface area contributed by atoms with Crippen LogP contribution in [0, 0.1) is 6.92 Å². The zero-order valence-electron chi connectivity index (χ0n) is 16.0. The minimum Gasteiger partial charge on any atom is -0.379 e. The molecule has 0 aliphatic carbocycles. The van der Waals surface area contributed by atoms with Crippen molar-refractivity contribution in [1.29, 1.82) is 0 Å². The molecular formula is C18H27ClN2O5S2. The summed E-state index contributed by atoms with van der Waals surface area (Å²) in [6.45, 7) is 5.87. The smallest absolute Gasteiger partial charge is 0.244 e. The Balaban J connectivity index is 1.80. The second kappa shape index (κ2) is 8.97. The minimum atomic E-state index is -3.89. The van der Waals surface area contributed by atoms with Crippen molar-refractivity contribution in [2.24, 2.45) is 0 Å². The molecule has 7 nitrogen and oxygen atoms in total. The highest BCUT2D eigenvalue weighted by atomic mass is 35.5. The second-order valence-corrected chi connectivity index (χ2v) is 11.9. The molecule has 0 spiro atoms. The molecule has 10 heteroatoms. The number of ether oxygens (including phenoxy) is 1. The van der Waals surface area contributed by atoms with Gasteiger partial charge in [0.05, 0.1) is 29.7 Å². The first kappa shape index (κ1) is 22.0. The van der Waals surface area contributed by atoms with E-state index in [1.165, 1.54) is 10.4 Å². The Morgan fingerprint density at radius 3 is 2.61 bits per heavy atom. The van der Waals surface area contributed by atoms with Gasteiger partial charge in [-0.1, -0.05) is 17.7 Å². The van der Waals surface area contributed by atoms with E-state index in [0.29, 0.717) is 26.1 Å². The van der Waals surface area contributed by atoms with Crippen LogP contribution in [0.15, 0.2) is 23.1 Å². The molecule has 3 rings (SSSR count). The predicted molar refractivity (Wildman–Crippen MR) is 109 cm³/mol. The lowest BCUT2D eigenvalue weighted by Gasteiger charge is -2.30. The number of hydrogen-bond acceptors (Lipinski definition) is 6. The molecule has 1 atom stereocenters. The van der Waals surface area contributed by atoms with E-state index in [9.17, 15) is 16.8 Å². The number of benzene rings is 1. The van der Waals surface area contributed by atoms with Crippen LogP contribution < -0.4 is 0 Å². The van der Waals surface area contributed by atoms with E-state index >= 15 is 0 Å². The van der Waals surface area contributed by atoms with Gasteiger partial charge in [-0.2, -0.15) is 4.31 Å². The average molecular weight is 451 g/mol. The number of sulfone groups is 1. The number of hydrogen-bond donors (Lipinski definition) is 0. The van der Waals surface area contributed by atoms with E-state index in [4.69, 9.17) is 16.3 Å². The molecule has 0 N–H and O–H groups in total. The fourth-order valence-electron chi connectivity index (χ4n) is 3.72. The maximum Gasteiger partial charge on any atom is 0.244 e. The van der Waals surface area contributed by atoms with Crippen LogP contribution in [0.4, 0.5) is 0 Å². The van der Waals surface area contributed by atoms with Crippen LogP contribution in [0.1, 0.15) is 18.4 Å². The molecule has 2 aliphatic rings. The standard InChI is InChI=1S/C18H27ClN2O5S2/c1-15-3-4-18(17(19)13-15)28(24,25)21(16-5-12-27(22,23)14-16)7-2-6-20-8-10-26-11-9-20/h3-4,13,16H,2,5-12,14H2,1H3. The molecule has 0 aromatic heterocycles. The first-order valence-corrected chi connectivity index (χ1v) is 13.1. The Bertz CT molecular complexity index is 899. The summed E-state index contributed by atoms with van der Waals surface area (Å²) >= 11 is 6.23. The van der Waals surface area contributed by atoms with E-state index < -0.39 is 25.9 Å². The highest BCUT2D eigenvalue weighted by Gasteiger charge is 2.39. The van der Waals surface area contributed by atoms with Crippen molar-refractivity contribution in [2.75, 3.05) is 50.9 Å². The number of nitrogens with zero attached hydrogens (tertiary/aromatic N) is 2. The van der Waals surface area contributed by atoms with E-state index in [0.717, 1.165) is 25.2 Å². The number of sulfonamides is 1. The van der Waals surface area contributed by atoms with Gasteiger partial charge in [-0.15, -0.1) is 0 Å². The van der Waals surface area contributed by atoms with Crippen molar-refractivity contribution in [3.63, 3.8) is 0 Å². The lowest BCUT2D eigenvalue weighted by molar-refractivity contribution is 0.0367. The fourth-order valence-corrected chi connectivity index (χ4v) is 7.81. The molecule has 2 aliphatic heterocycles. The topological polar surface area (TPSA) is 84.0 Å². The summed E-state index contributed by atoms with van der Waals surface area (Å²) in [5.74, 6) is -0.109. The monoisotopic (exact) mass is 450 g/mol. The molecule has 0 radical (unpaired) electrons. The summed E-state index contributed by atoms with van der Waals surface area (Å²) in [7, 11) is -7.10. The van der Waals surface area contributed by atoms with Crippen LogP contribution in [0.3, 0.4) is 0 Å². The van der Waals surface area contributed by atoms with Crippen LogP contribution in [0.25, 0.3) is 0 Å². The fraction of sp³-hybridized carbons (Fsp3) is 0.667. The lowest BCUT2D eigenvalue weighted by atomic mass is 10.2. The van der Waals surface area contributed by atoms with Crippen LogP contribution in [-0.4, -0.2) is 83.0 Å². The lowest BCUT2D eigenvalue weighted by Crippen LogP contribution is -2.43. The van der Waals surface area contributed by atoms with Gasteiger partial charge >= 0.3 is 0 Å². The molecule has 28 heavy (non-hydrogen) atoms. The quantitative estimate of drug-likeness (QED) is 0.626. The van der Waals surface area contributed by atoms with E-state index in [2.05, 4.69) is 4.90 Å². The Kier molecular flexibility index (Phi) is 7.05. The molecule has 0 saturated carbocycles. The van der Waals surface area contributed by atoms with Crippen molar-refractivity contribution >= 4 is 31.5 Å². The highest BCUT2D eigenvalue weighted by molar-refractivity contribution is 7.92. The Hall–Kier alpha value is -0.710. The zero-order valence-corrected chi connectivity index (χ0v) is 18.4. The summed E-state index contributed by atoms with van der Waals surface area (Å²) in [6, 6.07) is 4.28. The Morgan fingerprint density at radius 2 is 2.00 bits per heavy atom. The molecule has 2 heterocycles. The summed E-state index contributed by atoms with van der Waals surface area (Å²) in [5, 5.41) is 0.166. The van der Waals surface area contributed by atoms with E-state index in [1.54, 1.807) is 12.1 Å². The van der Waals surface area contributed by atoms with Gasteiger partial charge in [0, 0.05) is 25.7 Å². The molecule has 0 amide bonds. The van der Waals surface area contributed by atoms with Gasteiger partial charge in [0.15, 0.2) is 9.84 Å². The highest BCUT2D eigenvalue weighted by Crippen LogP contribution is 2.30. The van der Waals surface area contributed by atoms with Gasteiger partial charge in [-0.25, -0.2) is 16.8 Å².